The van der Waals surface area contributed by atoms with Gasteiger partial charge in [0, 0.05) is 18.3 Å². The first-order valence-corrected chi connectivity index (χ1v) is 11.0. The number of anilines is 1. The van der Waals surface area contributed by atoms with Crippen molar-refractivity contribution in [3.8, 4) is 5.69 Å². The number of carbonyl (C=O) groups is 1. The molecule has 0 aromatic carbocycles. The standard InChI is InChI=1S/C22H23F3N8O/c1-12-3-4-16(33-28-5-6-29-33)20(30-12)21(34)32-15-7-14(8-15)13(2)17(32)9-27-19-11-26-10-18(31-19)22(23,24)25/h3-6,10-11,13-15,17H,7-9H2,1-2H3,(H,27,31)/t13-,14?,15?,17-/m1/s1. The van der Waals surface area contributed by atoms with E-state index < -0.39 is 11.9 Å². The monoisotopic (exact) mass is 472 g/mol. The maximum absolute atomic E-state index is 13.8. The van der Waals surface area contributed by atoms with Crippen molar-refractivity contribution in [2.75, 3.05) is 11.9 Å². The van der Waals surface area contributed by atoms with Gasteiger partial charge in [0.1, 0.15) is 11.5 Å². The van der Waals surface area contributed by atoms with E-state index in [1.54, 1.807) is 19.1 Å². The van der Waals surface area contributed by atoms with Crippen LogP contribution >= 0.6 is 0 Å². The van der Waals surface area contributed by atoms with E-state index in [9.17, 15) is 18.0 Å². The number of hydrogen-bond donors (Lipinski definition) is 1. The van der Waals surface area contributed by atoms with Crippen LogP contribution in [0.4, 0.5) is 19.0 Å². The van der Waals surface area contributed by atoms with Gasteiger partial charge < -0.3 is 10.2 Å². The first kappa shape index (κ1) is 22.2. The first-order chi connectivity index (χ1) is 16.2. The summed E-state index contributed by atoms with van der Waals surface area (Å²) in [5.74, 6) is 0.388. The molecule has 178 valence electrons. The average Bonchev–Trinajstić information content (AvgIpc) is 3.31. The largest absolute Gasteiger partial charge is 0.434 e. The lowest BCUT2D eigenvalue weighted by Gasteiger charge is -2.57. The van der Waals surface area contributed by atoms with Gasteiger partial charge in [-0.3, -0.25) is 9.78 Å². The van der Waals surface area contributed by atoms with E-state index in [2.05, 4.69) is 37.4 Å². The van der Waals surface area contributed by atoms with E-state index in [0.717, 1.165) is 12.8 Å². The molecule has 3 fully saturated rings. The van der Waals surface area contributed by atoms with Crippen LogP contribution in [-0.2, 0) is 6.18 Å². The van der Waals surface area contributed by atoms with E-state index in [4.69, 9.17) is 0 Å². The number of nitrogens with one attached hydrogen (secondary N) is 1. The lowest BCUT2D eigenvalue weighted by atomic mass is 9.64. The van der Waals surface area contributed by atoms with Crippen LogP contribution in [0.3, 0.4) is 0 Å². The fourth-order valence-electron chi connectivity index (χ4n) is 4.85. The minimum absolute atomic E-state index is 0.0174. The molecule has 0 unspecified atom stereocenters. The number of halogens is 3. The third-order valence-corrected chi connectivity index (χ3v) is 6.75. The zero-order chi connectivity index (χ0) is 24.0. The molecule has 1 amide bonds. The Morgan fingerprint density at radius 1 is 1.15 bits per heavy atom. The molecule has 0 radical (unpaired) electrons. The molecule has 1 N–H and O–H groups in total. The number of hydrogen-bond acceptors (Lipinski definition) is 7. The van der Waals surface area contributed by atoms with Crippen molar-refractivity contribution in [2.24, 2.45) is 11.8 Å². The van der Waals surface area contributed by atoms with Gasteiger partial charge in [-0.25, -0.2) is 9.97 Å². The van der Waals surface area contributed by atoms with Gasteiger partial charge in [-0.1, -0.05) is 6.92 Å². The summed E-state index contributed by atoms with van der Waals surface area (Å²) < 4.78 is 39.1. The van der Waals surface area contributed by atoms with Crippen LogP contribution in [-0.4, -0.2) is 59.4 Å². The summed E-state index contributed by atoms with van der Waals surface area (Å²) in [6, 6.07) is 3.35. The molecule has 2 bridgehead atoms. The molecule has 2 aliphatic heterocycles. The Morgan fingerprint density at radius 3 is 2.59 bits per heavy atom. The van der Waals surface area contributed by atoms with Crippen LogP contribution in [0, 0.1) is 18.8 Å². The third-order valence-electron chi connectivity index (χ3n) is 6.75. The van der Waals surface area contributed by atoms with Gasteiger partial charge in [0.05, 0.1) is 30.8 Å². The van der Waals surface area contributed by atoms with E-state index >= 15 is 0 Å². The zero-order valence-corrected chi connectivity index (χ0v) is 18.6. The van der Waals surface area contributed by atoms with E-state index in [0.29, 0.717) is 23.5 Å². The number of pyridine rings is 1. The minimum Gasteiger partial charge on any atom is -0.367 e. The van der Waals surface area contributed by atoms with E-state index in [1.165, 1.54) is 23.4 Å². The van der Waals surface area contributed by atoms with Crippen molar-refractivity contribution in [1.29, 1.82) is 0 Å². The number of alkyl halides is 3. The number of aromatic nitrogens is 6. The molecule has 1 aliphatic carbocycles. The van der Waals surface area contributed by atoms with Crippen LogP contribution in [0.1, 0.15) is 41.6 Å². The summed E-state index contributed by atoms with van der Waals surface area (Å²) in [7, 11) is 0. The topological polar surface area (TPSA) is 102 Å². The summed E-state index contributed by atoms with van der Waals surface area (Å²) in [6.07, 6.45) is 2.20. The summed E-state index contributed by atoms with van der Waals surface area (Å²) in [6.45, 7) is 4.13. The van der Waals surface area contributed by atoms with Crippen molar-refractivity contribution in [2.45, 2.75) is 44.9 Å². The molecule has 6 rings (SSSR count). The van der Waals surface area contributed by atoms with Crippen LogP contribution in [0.2, 0.25) is 0 Å². The van der Waals surface area contributed by atoms with E-state index in [-0.39, 0.29) is 42.0 Å². The maximum Gasteiger partial charge on any atom is 0.434 e. The number of fused-ring (bicyclic) bond motifs is 2. The molecule has 34 heavy (non-hydrogen) atoms. The predicted octanol–water partition coefficient (Wildman–Crippen LogP) is 3.13. The Labute approximate surface area is 193 Å². The van der Waals surface area contributed by atoms with Crippen molar-refractivity contribution in [1.82, 2.24) is 34.8 Å². The molecule has 5 heterocycles. The van der Waals surface area contributed by atoms with Gasteiger partial charge in [0.15, 0.2) is 11.4 Å². The van der Waals surface area contributed by atoms with Gasteiger partial charge in [-0.15, -0.1) is 4.80 Å². The Bertz CT molecular complexity index is 1190. The number of nitrogens with zero attached hydrogens (tertiary/aromatic N) is 7. The highest BCUT2D eigenvalue weighted by molar-refractivity contribution is 5.96. The number of amides is 1. The molecular weight excluding hydrogens is 449 g/mol. The Hall–Kier alpha value is -3.57. The number of rotatable bonds is 5. The summed E-state index contributed by atoms with van der Waals surface area (Å²) in [5, 5.41) is 11.3. The smallest absolute Gasteiger partial charge is 0.367 e. The predicted molar refractivity (Wildman–Crippen MR) is 115 cm³/mol. The maximum atomic E-state index is 13.8. The fourth-order valence-corrected chi connectivity index (χ4v) is 4.85. The highest BCUT2D eigenvalue weighted by Gasteiger charge is 2.51. The quantitative estimate of drug-likeness (QED) is 0.609. The van der Waals surface area contributed by atoms with Gasteiger partial charge in [-0.05, 0) is 43.7 Å². The van der Waals surface area contributed by atoms with Crippen molar-refractivity contribution < 1.29 is 18.0 Å². The lowest BCUT2D eigenvalue weighted by molar-refractivity contribution is -0.141. The number of carbonyl (C=O) groups excluding carboxylic acids is 1. The SMILES string of the molecule is Cc1ccc(-n2nccn2)c(C(=O)N2C3CC(C3)[C@@H](C)[C@H]2CNc2cncc(C(F)(F)F)n2)n1. The highest BCUT2D eigenvalue weighted by Crippen LogP contribution is 2.47. The second-order valence-corrected chi connectivity index (χ2v) is 8.83. The van der Waals surface area contributed by atoms with Gasteiger partial charge in [-0.2, -0.15) is 23.4 Å². The van der Waals surface area contributed by atoms with Gasteiger partial charge in [0.2, 0.25) is 0 Å². The van der Waals surface area contributed by atoms with Gasteiger partial charge in [0.25, 0.3) is 5.91 Å². The van der Waals surface area contributed by atoms with Gasteiger partial charge >= 0.3 is 6.18 Å². The molecule has 3 aromatic rings. The van der Waals surface area contributed by atoms with Crippen molar-refractivity contribution in [3.63, 3.8) is 0 Å². The second kappa shape index (κ2) is 8.33. The average molecular weight is 472 g/mol. The Morgan fingerprint density at radius 2 is 1.88 bits per heavy atom. The minimum atomic E-state index is -4.58. The molecule has 0 spiro atoms. The second-order valence-electron chi connectivity index (χ2n) is 8.83. The van der Waals surface area contributed by atoms with Crippen LogP contribution in [0.15, 0.2) is 36.9 Å². The fraction of sp³-hybridized carbons (Fsp3) is 0.455. The molecule has 1 saturated carbocycles. The highest BCUT2D eigenvalue weighted by atomic mass is 19.4. The first-order valence-electron chi connectivity index (χ1n) is 11.0. The third kappa shape index (κ3) is 3.97. The zero-order valence-electron chi connectivity index (χ0n) is 18.6. The Balaban J connectivity index is 1.43. The van der Waals surface area contributed by atoms with Crippen LogP contribution in [0.25, 0.3) is 5.69 Å². The molecule has 9 nitrogen and oxygen atoms in total. The van der Waals surface area contributed by atoms with Crippen molar-refractivity contribution in [3.05, 3.63) is 54.0 Å². The normalized spacial score (nSPS) is 24.0. The Kier molecular flexibility index (Phi) is 5.45. The molecular formula is C22H23F3N8O. The summed E-state index contributed by atoms with van der Waals surface area (Å²) in [5.41, 5.74) is 0.345. The van der Waals surface area contributed by atoms with Crippen LogP contribution in [0.5, 0.6) is 0 Å². The molecule has 2 atom stereocenters. The molecule has 12 heteroatoms. The van der Waals surface area contributed by atoms with Crippen LogP contribution < -0.4 is 5.32 Å². The summed E-state index contributed by atoms with van der Waals surface area (Å²) >= 11 is 0. The molecule has 2 saturated heterocycles. The number of piperidine rings is 2. The van der Waals surface area contributed by atoms with E-state index in [1.807, 2.05) is 4.90 Å². The number of aryl methyl sites for hydroxylation is 1. The van der Waals surface area contributed by atoms with Crippen molar-refractivity contribution >= 4 is 11.7 Å². The lowest BCUT2D eigenvalue weighted by Crippen LogP contribution is -2.64. The summed E-state index contributed by atoms with van der Waals surface area (Å²) in [4.78, 5) is 28.8. The molecule has 3 aliphatic rings. The molecule has 3 aromatic heterocycles.